The van der Waals surface area contributed by atoms with Gasteiger partial charge in [0.1, 0.15) is 0 Å². The van der Waals surface area contributed by atoms with Gasteiger partial charge < -0.3 is 24.8 Å². The van der Waals surface area contributed by atoms with Crippen molar-refractivity contribution in [3.8, 4) is 0 Å². The lowest BCUT2D eigenvalue weighted by atomic mass is 9.87. The fourth-order valence-electron chi connectivity index (χ4n) is 7.53. The van der Waals surface area contributed by atoms with Gasteiger partial charge in [0, 0.05) is 45.2 Å². The summed E-state index contributed by atoms with van der Waals surface area (Å²) in [7, 11) is 3.55. The normalized spacial score (nSPS) is 26.6. The molecule has 2 N–H and O–H groups in total. The number of carboxylic acids is 1. The number of anilines is 1. The Morgan fingerprint density at radius 1 is 1.06 bits per heavy atom. The van der Waals surface area contributed by atoms with Crippen LogP contribution in [0.1, 0.15) is 55.1 Å². The lowest BCUT2D eigenvalue weighted by Crippen LogP contribution is -2.41. The fourth-order valence-corrected chi connectivity index (χ4v) is 7.78. The van der Waals surface area contributed by atoms with E-state index >= 15 is 0 Å². The van der Waals surface area contributed by atoms with Crippen LogP contribution < -0.4 is 5.32 Å². The highest BCUT2D eigenvalue weighted by Gasteiger charge is 2.42. The molecule has 3 aliphatic rings. The summed E-state index contributed by atoms with van der Waals surface area (Å²) in [5.41, 5.74) is 2.37. The van der Waals surface area contributed by atoms with Crippen LogP contribution in [0.4, 0.5) is 5.69 Å². The summed E-state index contributed by atoms with van der Waals surface area (Å²) < 4.78 is 13.7. The molecule has 12 heteroatoms. The van der Waals surface area contributed by atoms with Gasteiger partial charge in [0.2, 0.25) is 5.91 Å². The van der Waals surface area contributed by atoms with Crippen LogP contribution in [0.15, 0.2) is 42.5 Å². The highest BCUT2D eigenvalue weighted by atomic mass is 35.5. The Morgan fingerprint density at radius 2 is 1.83 bits per heavy atom. The number of methoxy groups -OCH3 is 1. The molecule has 2 amide bonds. The monoisotopic (exact) mass is 665 g/mol. The van der Waals surface area contributed by atoms with Crippen molar-refractivity contribution in [2.24, 2.45) is 18.9 Å². The van der Waals surface area contributed by atoms with E-state index in [0.29, 0.717) is 48.3 Å². The number of hydrogen-bond donors (Lipinski definition) is 2. The Labute approximate surface area is 280 Å². The van der Waals surface area contributed by atoms with Gasteiger partial charge in [-0.15, -0.1) is 0 Å². The predicted octanol–water partition coefficient (Wildman–Crippen LogP) is 4.62. The molecule has 1 aromatic heterocycles. The first-order valence-corrected chi connectivity index (χ1v) is 16.9. The molecule has 6 rings (SSSR count). The average molecular weight is 666 g/mol. The van der Waals surface area contributed by atoms with Crippen LogP contribution in [0.3, 0.4) is 0 Å². The molecule has 47 heavy (non-hydrogen) atoms. The van der Waals surface area contributed by atoms with Crippen molar-refractivity contribution in [2.45, 2.75) is 69.7 Å². The molecule has 3 aromatic rings. The van der Waals surface area contributed by atoms with Gasteiger partial charge in [-0.05, 0) is 61.8 Å². The molecule has 0 radical (unpaired) electrons. The quantitative estimate of drug-likeness (QED) is 0.322. The van der Waals surface area contributed by atoms with Crippen molar-refractivity contribution in [2.75, 3.05) is 38.7 Å². The zero-order valence-corrected chi connectivity index (χ0v) is 28.0. The van der Waals surface area contributed by atoms with Crippen LogP contribution >= 0.6 is 11.6 Å². The topological polar surface area (TPSA) is 126 Å². The second-order valence-corrected chi connectivity index (χ2v) is 13.8. The van der Waals surface area contributed by atoms with E-state index in [1.165, 1.54) is 0 Å². The molecule has 2 aromatic carbocycles. The molecule has 2 saturated heterocycles. The number of rotatable bonds is 10. The molecule has 11 nitrogen and oxygen atoms in total. The van der Waals surface area contributed by atoms with E-state index in [-0.39, 0.29) is 48.4 Å². The number of fused-ring (bicyclic) bond motifs is 1. The smallest absolute Gasteiger partial charge is 0.306 e. The van der Waals surface area contributed by atoms with Gasteiger partial charge in [0.15, 0.2) is 5.69 Å². The van der Waals surface area contributed by atoms with Crippen molar-refractivity contribution in [3.63, 3.8) is 0 Å². The Balaban J connectivity index is 1.11. The maximum absolute atomic E-state index is 13.9. The third-order valence-electron chi connectivity index (χ3n) is 10.3. The SMILES string of the molecule is CO[C@@H]1CN(C2C[C@@H](COC3CCC(C(=O)O)CC3)N(C(=O)Cc3ccc(NC(=O)c4nn(C)c5ccccc45)c(Cl)c3)C2)C[C@@H]1C. The van der Waals surface area contributed by atoms with E-state index in [1.54, 1.807) is 31.0 Å². The third-order valence-corrected chi connectivity index (χ3v) is 10.6. The summed E-state index contributed by atoms with van der Waals surface area (Å²) in [6, 6.07) is 12.9. The molecular weight excluding hydrogens is 622 g/mol. The van der Waals surface area contributed by atoms with E-state index in [9.17, 15) is 19.5 Å². The second-order valence-electron chi connectivity index (χ2n) is 13.4. The van der Waals surface area contributed by atoms with Crippen molar-refractivity contribution in [3.05, 3.63) is 58.7 Å². The van der Waals surface area contributed by atoms with Crippen molar-refractivity contribution >= 4 is 46.0 Å². The molecule has 0 spiro atoms. The Hall–Kier alpha value is -3.51. The minimum absolute atomic E-state index is 0.000898. The highest BCUT2D eigenvalue weighted by molar-refractivity contribution is 6.34. The van der Waals surface area contributed by atoms with Gasteiger partial charge in [-0.3, -0.25) is 24.0 Å². The van der Waals surface area contributed by atoms with E-state index in [0.717, 1.165) is 48.8 Å². The summed E-state index contributed by atoms with van der Waals surface area (Å²) in [6.45, 7) is 5.01. The van der Waals surface area contributed by atoms with Crippen molar-refractivity contribution < 1.29 is 29.0 Å². The zero-order chi connectivity index (χ0) is 33.2. The zero-order valence-electron chi connectivity index (χ0n) is 27.2. The van der Waals surface area contributed by atoms with E-state index in [4.69, 9.17) is 21.1 Å². The second kappa shape index (κ2) is 14.3. The fraction of sp³-hybridized carbons (Fsp3) is 0.543. The number of benzene rings is 2. The number of aliphatic carboxylic acids is 1. The first kappa shape index (κ1) is 33.4. The van der Waals surface area contributed by atoms with Crippen LogP contribution in [-0.2, 0) is 32.5 Å². The summed E-state index contributed by atoms with van der Waals surface area (Å²) in [5.74, 6) is -0.969. The van der Waals surface area contributed by atoms with Crippen LogP contribution in [0.25, 0.3) is 10.9 Å². The predicted molar refractivity (Wildman–Crippen MR) is 179 cm³/mol. The number of aromatic nitrogens is 2. The number of carboxylic acid groups (broad SMARTS) is 1. The number of carbonyl (C=O) groups excluding carboxylic acids is 2. The molecule has 1 aliphatic carbocycles. The number of likely N-dealkylation sites (tertiary alicyclic amines) is 2. The number of ether oxygens (including phenoxy) is 2. The van der Waals surface area contributed by atoms with E-state index in [2.05, 4.69) is 22.2 Å². The largest absolute Gasteiger partial charge is 0.481 e. The van der Waals surface area contributed by atoms with Crippen molar-refractivity contribution in [1.29, 1.82) is 0 Å². The van der Waals surface area contributed by atoms with Crippen LogP contribution in [0.5, 0.6) is 0 Å². The molecule has 252 valence electrons. The molecule has 3 heterocycles. The molecule has 1 saturated carbocycles. The molecular formula is C35H44ClN5O6. The van der Waals surface area contributed by atoms with E-state index < -0.39 is 5.97 Å². The summed E-state index contributed by atoms with van der Waals surface area (Å²) in [5, 5.41) is 17.7. The average Bonchev–Trinajstić information content (AvgIpc) is 3.76. The maximum atomic E-state index is 13.9. The molecule has 2 aliphatic heterocycles. The van der Waals surface area contributed by atoms with Gasteiger partial charge in [-0.2, -0.15) is 5.10 Å². The van der Waals surface area contributed by atoms with E-state index in [1.807, 2.05) is 35.2 Å². The highest BCUT2D eigenvalue weighted by Crippen LogP contribution is 2.32. The third kappa shape index (κ3) is 7.33. The van der Waals surface area contributed by atoms with Crippen LogP contribution in [0, 0.1) is 11.8 Å². The standard InChI is InChI=1S/C35H44ClN5O6/c1-21-17-40(19-31(21)46-3)24-16-25(20-47-26-11-9-23(10-12-26)35(44)45)41(18-24)32(42)15-22-8-13-29(28(36)14-22)37-34(43)33-27-6-4-5-7-30(27)39(2)38-33/h4-8,13-14,21,23-26,31H,9-12,15-20H2,1-3H3,(H,37,43)(H,44,45)/t21-,23?,24?,25-,26?,31+/m0/s1. The summed E-state index contributed by atoms with van der Waals surface area (Å²) in [6.07, 6.45) is 3.85. The van der Waals surface area contributed by atoms with Crippen molar-refractivity contribution in [1.82, 2.24) is 19.6 Å². The molecule has 4 atom stereocenters. The molecule has 3 fully saturated rings. The lowest BCUT2D eigenvalue weighted by molar-refractivity contribution is -0.144. The minimum atomic E-state index is -0.731. The Bertz CT molecular complexity index is 1620. The van der Waals surface area contributed by atoms with Gasteiger partial charge in [-0.1, -0.05) is 42.8 Å². The number of halogens is 1. The van der Waals surface area contributed by atoms with Crippen LogP contribution in [0.2, 0.25) is 5.02 Å². The number of nitrogens with one attached hydrogen (secondary N) is 1. The maximum Gasteiger partial charge on any atom is 0.306 e. The minimum Gasteiger partial charge on any atom is -0.481 e. The first-order valence-electron chi connectivity index (χ1n) is 16.5. The van der Waals surface area contributed by atoms with Crippen LogP contribution in [-0.4, -0.2) is 100 Å². The van der Waals surface area contributed by atoms with Gasteiger partial charge >= 0.3 is 5.97 Å². The van der Waals surface area contributed by atoms with Gasteiger partial charge in [-0.25, -0.2) is 0 Å². The number of para-hydroxylation sites is 1. The Morgan fingerprint density at radius 3 is 2.53 bits per heavy atom. The number of hydrogen-bond acceptors (Lipinski definition) is 7. The lowest BCUT2D eigenvalue weighted by Gasteiger charge is -2.30. The molecule has 1 unspecified atom stereocenters. The number of aryl methyl sites for hydroxylation is 1. The number of amides is 2. The summed E-state index contributed by atoms with van der Waals surface area (Å²) >= 11 is 6.63. The summed E-state index contributed by atoms with van der Waals surface area (Å²) in [4.78, 5) is 42.8. The van der Waals surface area contributed by atoms with Gasteiger partial charge in [0.05, 0.1) is 53.4 Å². The Kier molecular flexibility index (Phi) is 10.2. The first-order chi connectivity index (χ1) is 22.6. The molecule has 0 bridgehead atoms. The number of nitrogens with zero attached hydrogens (tertiary/aromatic N) is 4. The number of carbonyl (C=O) groups is 3. The van der Waals surface area contributed by atoms with Gasteiger partial charge in [0.25, 0.3) is 5.91 Å².